The van der Waals surface area contributed by atoms with E-state index >= 15 is 0 Å². The number of carboxylic acid groups (broad SMARTS) is 1. The molecule has 124 valence electrons. The number of ether oxygens (including phenoxy) is 1. The molecule has 2 amide bonds. The first-order chi connectivity index (χ1) is 10.9. The molecule has 2 saturated heterocycles. The molecule has 2 fully saturated rings. The van der Waals surface area contributed by atoms with Crippen molar-refractivity contribution < 1.29 is 24.2 Å². The summed E-state index contributed by atoms with van der Waals surface area (Å²) in [6, 6.07) is 0. The predicted molar refractivity (Wildman–Crippen MR) is 81.9 cm³/mol. The Morgan fingerprint density at radius 3 is 2.39 bits per heavy atom. The number of hydrazine groups is 1. The quantitative estimate of drug-likeness (QED) is 0.713. The summed E-state index contributed by atoms with van der Waals surface area (Å²) >= 11 is 1.46. The lowest BCUT2D eigenvalue weighted by Gasteiger charge is -2.23. The van der Waals surface area contributed by atoms with E-state index in [9.17, 15) is 19.5 Å². The fourth-order valence-electron chi connectivity index (χ4n) is 3.33. The Kier molecular flexibility index (Phi) is 4.11. The van der Waals surface area contributed by atoms with E-state index in [2.05, 4.69) is 10.9 Å². The van der Waals surface area contributed by atoms with Crippen LogP contribution in [0.3, 0.4) is 0 Å². The molecule has 3 rings (SSSR count). The third-order valence-corrected chi connectivity index (χ3v) is 5.70. The smallest absolute Gasteiger partial charge is 0.310 e. The highest BCUT2D eigenvalue weighted by atomic mass is 32.1. The van der Waals surface area contributed by atoms with Gasteiger partial charge in [-0.1, -0.05) is 0 Å². The normalized spacial score (nSPS) is 28.6. The van der Waals surface area contributed by atoms with Crippen molar-refractivity contribution in [3.8, 4) is 0 Å². The number of fused-ring (bicyclic) bond motifs is 2. The molecule has 2 aliphatic heterocycles. The van der Waals surface area contributed by atoms with Crippen molar-refractivity contribution in [2.45, 2.75) is 38.9 Å². The second kappa shape index (κ2) is 5.93. The van der Waals surface area contributed by atoms with Gasteiger partial charge in [0.15, 0.2) is 0 Å². The number of hydrogen-bond acceptors (Lipinski definition) is 5. The molecular weight excluding hydrogens is 320 g/mol. The zero-order valence-electron chi connectivity index (χ0n) is 12.8. The second-order valence-corrected chi connectivity index (χ2v) is 7.04. The molecule has 2 aliphatic rings. The van der Waals surface area contributed by atoms with Gasteiger partial charge in [0.05, 0.1) is 29.6 Å². The molecule has 3 heterocycles. The van der Waals surface area contributed by atoms with Crippen LogP contribution >= 0.6 is 11.3 Å². The maximum absolute atomic E-state index is 12.3. The van der Waals surface area contributed by atoms with Crippen molar-refractivity contribution >= 4 is 29.1 Å². The van der Waals surface area contributed by atoms with Crippen molar-refractivity contribution in [2.75, 3.05) is 0 Å². The van der Waals surface area contributed by atoms with Crippen molar-refractivity contribution in [1.29, 1.82) is 0 Å². The van der Waals surface area contributed by atoms with Crippen LogP contribution in [-0.4, -0.2) is 35.1 Å². The van der Waals surface area contributed by atoms with Gasteiger partial charge in [-0.05, 0) is 32.3 Å². The van der Waals surface area contributed by atoms with Crippen LogP contribution < -0.4 is 10.9 Å². The third kappa shape index (κ3) is 2.72. The van der Waals surface area contributed by atoms with Crippen LogP contribution in [0.15, 0.2) is 5.38 Å². The molecule has 0 saturated carbocycles. The van der Waals surface area contributed by atoms with Crippen molar-refractivity contribution in [2.24, 2.45) is 11.8 Å². The molecule has 23 heavy (non-hydrogen) atoms. The highest BCUT2D eigenvalue weighted by Gasteiger charge is 2.55. The second-order valence-electron chi connectivity index (χ2n) is 5.95. The Morgan fingerprint density at radius 2 is 1.83 bits per heavy atom. The van der Waals surface area contributed by atoms with Gasteiger partial charge in [-0.2, -0.15) is 0 Å². The first-order valence-electron chi connectivity index (χ1n) is 7.43. The number of carbonyl (C=O) groups is 3. The number of thiophene rings is 1. The number of carboxylic acids is 1. The van der Waals surface area contributed by atoms with Gasteiger partial charge in [-0.15, -0.1) is 11.3 Å². The Labute approximate surface area is 137 Å². The van der Waals surface area contributed by atoms with Gasteiger partial charge in [0.1, 0.15) is 0 Å². The van der Waals surface area contributed by atoms with Gasteiger partial charge in [-0.25, -0.2) is 0 Å². The Balaban J connectivity index is 1.64. The fourth-order valence-corrected chi connectivity index (χ4v) is 4.20. The lowest BCUT2D eigenvalue weighted by molar-refractivity contribution is -0.148. The number of amides is 2. The van der Waals surface area contributed by atoms with Crippen LogP contribution in [0.2, 0.25) is 0 Å². The van der Waals surface area contributed by atoms with E-state index in [1.165, 1.54) is 11.3 Å². The molecule has 0 unspecified atom stereocenters. The minimum absolute atomic E-state index is 0.386. The van der Waals surface area contributed by atoms with Gasteiger partial charge in [0, 0.05) is 10.3 Å². The number of carbonyl (C=O) groups excluding carboxylic acids is 2. The van der Waals surface area contributed by atoms with E-state index < -0.39 is 35.7 Å². The Hall–Kier alpha value is -1.93. The topological polar surface area (TPSA) is 105 Å². The maximum Gasteiger partial charge on any atom is 0.310 e. The lowest BCUT2D eigenvalue weighted by Crippen LogP contribution is -2.50. The van der Waals surface area contributed by atoms with Crippen molar-refractivity contribution in [3.63, 3.8) is 0 Å². The summed E-state index contributed by atoms with van der Waals surface area (Å²) in [5, 5.41) is 11.0. The number of hydrogen-bond donors (Lipinski definition) is 3. The minimum atomic E-state index is -1.03. The monoisotopic (exact) mass is 338 g/mol. The third-order valence-electron chi connectivity index (χ3n) is 4.69. The van der Waals surface area contributed by atoms with Gasteiger partial charge in [-0.3, -0.25) is 25.2 Å². The molecule has 1 aromatic rings. The Bertz CT molecular complexity index is 671. The molecule has 8 heteroatoms. The fraction of sp³-hybridized carbons (Fsp3) is 0.533. The van der Waals surface area contributed by atoms with Crippen LogP contribution in [0.4, 0.5) is 0 Å². The van der Waals surface area contributed by atoms with Crippen LogP contribution in [-0.2, 0) is 14.3 Å². The minimum Gasteiger partial charge on any atom is -0.481 e. The average Bonchev–Trinajstić information content (AvgIpc) is 3.20. The van der Waals surface area contributed by atoms with Crippen molar-refractivity contribution in [1.82, 2.24) is 10.9 Å². The molecule has 7 nitrogen and oxygen atoms in total. The number of nitrogens with one attached hydrogen (secondary N) is 2. The SMILES string of the molecule is Cc1scc(C(=O)NNC(=O)[C@H]2[C@@H](C(=O)O)[C@H]3CC[C@@H]2O3)c1C. The molecule has 0 aromatic carbocycles. The van der Waals surface area contributed by atoms with Gasteiger partial charge in [0.2, 0.25) is 5.91 Å². The molecule has 3 N–H and O–H groups in total. The van der Waals surface area contributed by atoms with Crippen molar-refractivity contribution in [3.05, 3.63) is 21.4 Å². The van der Waals surface area contributed by atoms with E-state index in [1.54, 1.807) is 5.38 Å². The van der Waals surface area contributed by atoms with E-state index in [0.717, 1.165) is 10.4 Å². The molecule has 2 bridgehead atoms. The molecule has 4 atom stereocenters. The van der Waals surface area contributed by atoms with Crippen LogP contribution in [0.25, 0.3) is 0 Å². The zero-order valence-corrected chi connectivity index (χ0v) is 13.6. The molecular formula is C15H18N2O5S. The van der Waals surface area contributed by atoms with Crippen LogP contribution in [0, 0.1) is 25.7 Å². The molecule has 0 spiro atoms. The summed E-state index contributed by atoms with van der Waals surface area (Å²) in [5.41, 5.74) is 6.10. The molecule has 0 aliphatic carbocycles. The van der Waals surface area contributed by atoms with E-state index in [4.69, 9.17) is 4.74 Å². The summed E-state index contributed by atoms with van der Waals surface area (Å²) in [6.45, 7) is 3.76. The summed E-state index contributed by atoms with van der Waals surface area (Å²) in [7, 11) is 0. The summed E-state index contributed by atoms with van der Waals surface area (Å²) < 4.78 is 5.54. The van der Waals surface area contributed by atoms with E-state index in [1.807, 2.05) is 13.8 Å². The zero-order chi connectivity index (χ0) is 16.7. The number of aryl methyl sites for hydroxylation is 1. The molecule has 0 radical (unpaired) electrons. The van der Waals surface area contributed by atoms with Gasteiger partial charge >= 0.3 is 5.97 Å². The first kappa shape index (κ1) is 15.9. The van der Waals surface area contributed by atoms with E-state index in [0.29, 0.717) is 18.4 Å². The standard InChI is InChI=1S/C15H18N2O5S/c1-6-7(2)23-5-8(6)13(18)16-17-14(19)11-9-3-4-10(22-9)12(11)15(20)21/h5,9-12H,3-4H2,1-2H3,(H,16,18)(H,17,19)(H,20,21)/t9-,10+,11+,12-/m0/s1. The highest BCUT2D eigenvalue weighted by Crippen LogP contribution is 2.43. The number of aliphatic carboxylic acids is 1. The first-order valence-corrected chi connectivity index (χ1v) is 8.31. The predicted octanol–water partition coefficient (Wildman–Crippen LogP) is 1.00. The summed E-state index contributed by atoms with van der Waals surface area (Å²) in [5.74, 6) is -3.57. The van der Waals surface area contributed by atoms with Crippen LogP contribution in [0.1, 0.15) is 33.6 Å². The van der Waals surface area contributed by atoms with Gasteiger partial charge < -0.3 is 9.84 Å². The summed E-state index contributed by atoms with van der Waals surface area (Å²) in [4.78, 5) is 36.8. The highest BCUT2D eigenvalue weighted by molar-refractivity contribution is 7.10. The number of rotatable bonds is 3. The average molecular weight is 338 g/mol. The molecule has 1 aromatic heterocycles. The maximum atomic E-state index is 12.3. The Morgan fingerprint density at radius 1 is 1.17 bits per heavy atom. The van der Waals surface area contributed by atoms with Crippen LogP contribution in [0.5, 0.6) is 0 Å². The largest absolute Gasteiger partial charge is 0.481 e. The summed E-state index contributed by atoms with van der Waals surface area (Å²) in [6.07, 6.45) is 0.530. The van der Waals surface area contributed by atoms with Gasteiger partial charge in [0.25, 0.3) is 5.91 Å². The van der Waals surface area contributed by atoms with E-state index in [-0.39, 0.29) is 6.10 Å². The lowest BCUT2D eigenvalue weighted by atomic mass is 9.79.